The molecule has 0 bridgehead atoms. The van der Waals surface area contributed by atoms with Crippen LogP contribution in [0.3, 0.4) is 0 Å². The predicted octanol–water partition coefficient (Wildman–Crippen LogP) is 0.438. The van der Waals surface area contributed by atoms with Crippen LogP contribution in [0.1, 0.15) is 30.3 Å². The quantitative estimate of drug-likeness (QED) is 0.757. The van der Waals surface area contributed by atoms with Crippen LogP contribution in [0.4, 0.5) is 11.8 Å². The van der Waals surface area contributed by atoms with Crippen LogP contribution in [0, 0.1) is 0 Å². The van der Waals surface area contributed by atoms with Gasteiger partial charge in [0.05, 0.1) is 7.11 Å². The summed E-state index contributed by atoms with van der Waals surface area (Å²) in [4.78, 5) is 38.8. The van der Waals surface area contributed by atoms with E-state index in [0.717, 1.165) is 52.1 Å². The number of hydrogen-bond acceptors (Lipinski definition) is 8. The van der Waals surface area contributed by atoms with Gasteiger partial charge in [-0.25, -0.2) is 9.78 Å². The van der Waals surface area contributed by atoms with Crippen molar-refractivity contribution in [2.24, 2.45) is 0 Å². The molecule has 9 nitrogen and oxygen atoms in total. The molecule has 0 aliphatic carbocycles. The number of aromatic nitrogens is 2. The van der Waals surface area contributed by atoms with Crippen LogP contribution in [-0.4, -0.2) is 91.1 Å². The molecule has 2 aliphatic rings. The van der Waals surface area contributed by atoms with Crippen LogP contribution in [0.5, 0.6) is 0 Å². The highest BCUT2D eigenvalue weighted by Gasteiger charge is 2.23. The Morgan fingerprint density at radius 3 is 2.37 bits per heavy atom. The molecule has 2 saturated heterocycles. The summed E-state index contributed by atoms with van der Waals surface area (Å²) in [5, 5.41) is 3.41. The van der Waals surface area contributed by atoms with Gasteiger partial charge < -0.3 is 24.8 Å². The Bertz CT molecular complexity index is 682. The summed E-state index contributed by atoms with van der Waals surface area (Å²) in [5.41, 5.74) is 0.255. The highest BCUT2D eigenvalue weighted by Crippen LogP contribution is 2.20. The molecule has 0 unspecified atom stereocenters. The van der Waals surface area contributed by atoms with Gasteiger partial charge in [-0.15, -0.1) is 0 Å². The van der Waals surface area contributed by atoms with E-state index in [-0.39, 0.29) is 17.6 Å². The zero-order valence-corrected chi connectivity index (χ0v) is 16.3. The van der Waals surface area contributed by atoms with Gasteiger partial charge in [-0.2, -0.15) is 4.98 Å². The number of rotatable bonds is 4. The standard InChI is InChI=1S/C18H28N6O3/c1-13(25)23-6-4-14(5-7-23)19-16-12-15(17(26)27-3)20-18(21-16)24-10-8-22(2)9-11-24/h12,14H,4-11H2,1-3H3,(H,19,20,21). The molecular weight excluding hydrogens is 348 g/mol. The zero-order chi connectivity index (χ0) is 19.4. The van der Waals surface area contributed by atoms with Crippen LogP contribution in [0.25, 0.3) is 0 Å². The van der Waals surface area contributed by atoms with Crippen molar-refractivity contribution in [2.45, 2.75) is 25.8 Å². The molecule has 9 heteroatoms. The average molecular weight is 376 g/mol. The lowest BCUT2D eigenvalue weighted by Crippen LogP contribution is -2.45. The monoisotopic (exact) mass is 376 g/mol. The largest absolute Gasteiger partial charge is 0.464 e. The Morgan fingerprint density at radius 2 is 1.78 bits per heavy atom. The lowest BCUT2D eigenvalue weighted by Gasteiger charge is -2.33. The number of ether oxygens (including phenoxy) is 1. The molecule has 0 atom stereocenters. The highest BCUT2D eigenvalue weighted by atomic mass is 16.5. The van der Waals surface area contributed by atoms with Crippen LogP contribution < -0.4 is 10.2 Å². The van der Waals surface area contributed by atoms with Gasteiger partial charge in [0.15, 0.2) is 5.69 Å². The number of likely N-dealkylation sites (N-methyl/N-ethyl adjacent to an activating group) is 1. The number of amides is 1. The van der Waals surface area contributed by atoms with Crippen molar-refractivity contribution in [3.63, 3.8) is 0 Å². The number of methoxy groups -OCH3 is 1. The first-order valence-corrected chi connectivity index (χ1v) is 9.39. The Balaban J connectivity index is 1.74. The molecule has 2 aliphatic heterocycles. The molecule has 3 rings (SSSR count). The van der Waals surface area contributed by atoms with Crippen molar-refractivity contribution in [3.05, 3.63) is 11.8 Å². The van der Waals surface area contributed by atoms with Crippen molar-refractivity contribution in [2.75, 3.05) is 63.6 Å². The minimum absolute atomic E-state index is 0.112. The van der Waals surface area contributed by atoms with E-state index in [2.05, 4.69) is 32.1 Å². The van der Waals surface area contributed by atoms with E-state index in [0.29, 0.717) is 11.8 Å². The third kappa shape index (κ3) is 4.85. The molecule has 1 N–H and O–H groups in total. The van der Waals surface area contributed by atoms with Crippen molar-refractivity contribution in [1.29, 1.82) is 0 Å². The molecule has 3 heterocycles. The molecule has 2 fully saturated rings. The number of likely N-dealkylation sites (tertiary alicyclic amines) is 1. The van der Waals surface area contributed by atoms with Gasteiger partial charge in [-0.3, -0.25) is 4.79 Å². The number of piperazine rings is 1. The minimum atomic E-state index is -0.470. The summed E-state index contributed by atoms with van der Waals surface area (Å²) < 4.78 is 4.85. The van der Waals surface area contributed by atoms with Crippen molar-refractivity contribution < 1.29 is 14.3 Å². The van der Waals surface area contributed by atoms with E-state index in [4.69, 9.17) is 4.74 Å². The molecule has 1 aromatic heterocycles. The second-order valence-corrected chi connectivity index (χ2v) is 7.15. The minimum Gasteiger partial charge on any atom is -0.464 e. The number of carbonyl (C=O) groups excluding carboxylic acids is 2. The van der Waals surface area contributed by atoms with Gasteiger partial charge in [-0.1, -0.05) is 0 Å². The van der Waals surface area contributed by atoms with E-state index < -0.39 is 5.97 Å². The molecule has 0 aromatic carbocycles. The Morgan fingerprint density at radius 1 is 1.11 bits per heavy atom. The maximum Gasteiger partial charge on any atom is 0.356 e. The second-order valence-electron chi connectivity index (χ2n) is 7.15. The number of anilines is 2. The van der Waals surface area contributed by atoms with E-state index in [1.807, 2.05) is 4.90 Å². The topological polar surface area (TPSA) is 90.9 Å². The second kappa shape index (κ2) is 8.51. The first-order valence-electron chi connectivity index (χ1n) is 9.39. The van der Waals surface area contributed by atoms with Crippen molar-refractivity contribution >= 4 is 23.6 Å². The number of nitrogens with zero attached hydrogens (tertiary/aromatic N) is 5. The van der Waals surface area contributed by atoms with Crippen LogP contribution in [-0.2, 0) is 9.53 Å². The normalized spacial score (nSPS) is 19.1. The van der Waals surface area contributed by atoms with E-state index >= 15 is 0 Å². The molecule has 148 valence electrons. The number of nitrogens with one attached hydrogen (secondary N) is 1. The Labute approximate surface area is 159 Å². The smallest absolute Gasteiger partial charge is 0.356 e. The van der Waals surface area contributed by atoms with Gasteiger partial charge in [0, 0.05) is 58.3 Å². The van der Waals surface area contributed by atoms with Crippen LogP contribution in [0.15, 0.2) is 6.07 Å². The molecule has 1 aromatic rings. The van der Waals surface area contributed by atoms with E-state index in [1.165, 1.54) is 7.11 Å². The molecular formula is C18H28N6O3. The summed E-state index contributed by atoms with van der Waals surface area (Å²) in [6, 6.07) is 1.85. The Hall–Kier alpha value is -2.42. The molecule has 0 saturated carbocycles. The van der Waals surface area contributed by atoms with Crippen LogP contribution in [0.2, 0.25) is 0 Å². The molecule has 0 radical (unpaired) electrons. The Kier molecular flexibility index (Phi) is 6.10. The molecule has 1 amide bonds. The first-order chi connectivity index (χ1) is 13.0. The number of esters is 1. The fourth-order valence-electron chi connectivity index (χ4n) is 3.41. The number of carbonyl (C=O) groups is 2. The van der Waals surface area contributed by atoms with E-state index in [9.17, 15) is 9.59 Å². The van der Waals surface area contributed by atoms with E-state index in [1.54, 1.807) is 13.0 Å². The average Bonchev–Trinajstić information content (AvgIpc) is 2.68. The molecule has 0 spiro atoms. The van der Waals surface area contributed by atoms with Crippen molar-refractivity contribution in [3.8, 4) is 0 Å². The van der Waals surface area contributed by atoms with Gasteiger partial charge in [0.25, 0.3) is 0 Å². The predicted molar refractivity (Wildman–Crippen MR) is 102 cm³/mol. The van der Waals surface area contributed by atoms with Gasteiger partial charge in [0.2, 0.25) is 11.9 Å². The van der Waals surface area contributed by atoms with Crippen molar-refractivity contribution in [1.82, 2.24) is 19.8 Å². The first kappa shape index (κ1) is 19.3. The number of hydrogen-bond donors (Lipinski definition) is 1. The highest BCUT2D eigenvalue weighted by molar-refractivity contribution is 5.88. The lowest BCUT2D eigenvalue weighted by molar-refractivity contribution is -0.129. The third-order valence-electron chi connectivity index (χ3n) is 5.19. The summed E-state index contributed by atoms with van der Waals surface area (Å²) in [6.45, 7) is 6.55. The zero-order valence-electron chi connectivity index (χ0n) is 16.3. The van der Waals surface area contributed by atoms with Crippen LogP contribution >= 0.6 is 0 Å². The SMILES string of the molecule is COC(=O)c1cc(NC2CCN(C(C)=O)CC2)nc(N2CCN(C)CC2)n1. The van der Waals surface area contributed by atoms with Gasteiger partial charge >= 0.3 is 5.97 Å². The maximum absolute atomic E-state index is 12.1. The fraction of sp³-hybridized carbons (Fsp3) is 0.667. The lowest BCUT2D eigenvalue weighted by atomic mass is 10.1. The summed E-state index contributed by atoms with van der Waals surface area (Å²) in [6.07, 6.45) is 1.70. The fourth-order valence-corrected chi connectivity index (χ4v) is 3.41. The van der Waals surface area contributed by atoms with Gasteiger partial charge in [0.1, 0.15) is 5.82 Å². The number of piperidine rings is 1. The molecule has 27 heavy (non-hydrogen) atoms. The third-order valence-corrected chi connectivity index (χ3v) is 5.19. The summed E-state index contributed by atoms with van der Waals surface area (Å²) >= 11 is 0. The summed E-state index contributed by atoms with van der Waals surface area (Å²) in [7, 11) is 3.44. The maximum atomic E-state index is 12.1. The summed E-state index contributed by atoms with van der Waals surface area (Å²) in [5.74, 6) is 0.818. The van der Waals surface area contributed by atoms with Gasteiger partial charge in [-0.05, 0) is 19.9 Å².